The van der Waals surface area contributed by atoms with E-state index >= 15 is 0 Å². The van der Waals surface area contributed by atoms with Crippen LogP contribution in [0.2, 0.25) is 0 Å². The highest BCUT2D eigenvalue weighted by molar-refractivity contribution is 6.21. The van der Waals surface area contributed by atoms with E-state index in [2.05, 4.69) is 236 Å². The van der Waals surface area contributed by atoms with Crippen LogP contribution in [0.25, 0.3) is 111 Å². The fourth-order valence-corrected chi connectivity index (χ4v) is 9.39. The predicted molar refractivity (Wildman–Crippen MR) is 263 cm³/mol. The maximum atomic E-state index is 4.35. The van der Waals surface area contributed by atoms with Gasteiger partial charge >= 0.3 is 0 Å². The molecule has 0 amide bonds. The van der Waals surface area contributed by atoms with E-state index in [0.29, 0.717) is 0 Å². The lowest BCUT2D eigenvalue weighted by atomic mass is 9.78. The molecule has 0 fully saturated rings. The van der Waals surface area contributed by atoms with Crippen LogP contribution in [0.1, 0.15) is 0 Å². The first-order chi connectivity index (χ1) is 30.8. The Morgan fingerprint density at radius 3 is 0.919 bits per heavy atom. The fourth-order valence-electron chi connectivity index (χ4n) is 9.39. The van der Waals surface area contributed by atoms with Crippen LogP contribution in [0, 0.1) is 0 Å². The van der Waals surface area contributed by atoms with Gasteiger partial charge in [0.2, 0.25) is 0 Å². The minimum Gasteiger partial charge on any atom is -0.264 e. The van der Waals surface area contributed by atoms with Crippen molar-refractivity contribution in [2.45, 2.75) is 0 Å². The first-order valence-corrected chi connectivity index (χ1v) is 21.3. The summed E-state index contributed by atoms with van der Waals surface area (Å²) in [6.07, 6.45) is 3.74. The molecule has 290 valence electrons. The molecule has 0 aliphatic carbocycles. The molecule has 0 bridgehead atoms. The summed E-state index contributed by atoms with van der Waals surface area (Å²) in [5, 5.41) is 4.95. The van der Waals surface area contributed by atoms with Gasteiger partial charge in [-0.15, -0.1) is 0 Å². The first kappa shape index (κ1) is 36.9. The Kier molecular flexibility index (Phi) is 9.61. The molecule has 11 aromatic rings. The third-order valence-corrected chi connectivity index (χ3v) is 12.2. The number of fused-ring (bicyclic) bond motifs is 2. The van der Waals surface area contributed by atoms with Crippen molar-refractivity contribution in [1.29, 1.82) is 0 Å². The number of pyridine rings is 1. The molecule has 0 unspecified atom stereocenters. The normalized spacial score (nSPS) is 11.2. The molecule has 1 heteroatoms. The van der Waals surface area contributed by atoms with Crippen molar-refractivity contribution in [3.63, 3.8) is 0 Å². The lowest BCUT2D eigenvalue weighted by Gasteiger charge is -2.24. The van der Waals surface area contributed by atoms with Gasteiger partial charge in [0.05, 0.1) is 0 Å². The molecule has 11 rings (SSSR count). The molecule has 1 aromatic heterocycles. The maximum absolute atomic E-state index is 4.35. The minimum atomic E-state index is 1.11. The Morgan fingerprint density at radius 1 is 0.210 bits per heavy atom. The van der Waals surface area contributed by atoms with Gasteiger partial charge in [-0.1, -0.05) is 224 Å². The van der Waals surface area contributed by atoms with Crippen LogP contribution in [0.3, 0.4) is 0 Å². The summed E-state index contributed by atoms with van der Waals surface area (Å²) < 4.78 is 0. The number of rotatable bonds is 8. The Labute approximate surface area is 362 Å². The number of benzene rings is 10. The lowest BCUT2D eigenvalue weighted by Crippen LogP contribution is -1.98. The average Bonchev–Trinajstić information content (AvgIpc) is 3.36. The van der Waals surface area contributed by atoms with Gasteiger partial charge < -0.3 is 0 Å². The second kappa shape index (κ2) is 16.1. The zero-order valence-corrected chi connectivity index (χ0v) is 34.1. The molecule has 0 N–H and O–H groups in total. The lowest BCUT2D eigenvalue weighted by molar-refractivity contribution is 1.33. The Balaban J connectivity index is 1.13. The van der Waals surface area contributed by atoms with Gasteiger partial charge in [0, 0.05) is 12.4 Å². The minimum absolute atomic E-state index is 1.11. The van der Waals surface area contributed by atoms with Crippen molar-refractivity contribution < 1.29 is 0 Å². The van der Waals surface area contributed by atoms with Crippen molar-refractivity contribution in [2.75, 3.05) is 0 Å². The van der Waals surface area contributed by atoms with Gasteiger partial charge in [0.1, 0.15) is 0 Å². The smallest absolute Gasteiger partial charge is 0.0346 e. The summed E-state index contributed by atoms with van der Waals surface area (Å²) >= 11 is 0. The Morgan fingerprint density at radius 2 is 0.516 bits per heavy atom. The monoisotopic (exact) mass is 787 g/mol. The van der Waals surface area contributed by atoms with Gasteiger partial charge in [-0.05, 0) is 123 Å². The average molecular weight is 788 g/mol. The molecule has 0 radical (unpaired) electrons. The second-order valence-electron chi connectivity index (χ2n) is 15.8. The number of hydrogen-bond donors (Lipinski definition) is 0. The highest BCUT2D eigenvalue weighted by Gasteiger charge is 2.24. The van der Waals surface area contributed by atoms with Gasteiger partial charge in [-0.25, -0.2) is 0 Å². The van der Waals surface area contributed by atoms with Crippen molar-refractivity contribution in [1.82, 2.24) is 4.98 Å². The van der Waals surface area contributed by atoms with E-state index in [4.69, 9.17) is 0 Å². The summed E-state index contributed by atoms with van der Waals surface area (Å²) in [4.78, 5) is 4.35. The maximum Gasteiger partial charge on any atom is 0.0346 e. The van der Waals surface area contributed by atoms with Crippen LogP contribution >= 0.6 is 0 Å². The molecule has 0 saturated heterocycles. The zero-order valence-electron chi connectivity index (χ0n) is 34.1. The standard InChI is InChI=1S/C61H41N/c1-5-18-43(19-6-1)55-40-56(60(46-22-9-3-10-23-46)61(47-24-11-4-12-25-47)59(55)45-20-7-2-8-21-45)44-33-37-49(38-34-44)58-53-29-15-13-27-51(53)57(52-28-14-16-30-54(52)58)48-35-31-42(32-36-48)50-26-17-39-62-41-50/h1-41H. The first-order valence-electron chi connectivity index (χ1n) is 21.3. The van der Waals surface area contributed by atoms with Gasteiger partial charge in [-0.3, -0.25) is 4.98 Å². The quantitative estimate of drug-likeness (QED) is 0.140. The number of nitrogens with zero attached hydrogens (tertiary/aromatic N) is 1. The van der Waals surface area contributed by atoms with Gasteiger partial charge in [0.25, 0.3) is 0 Å². The van der Waals surface area contributed by atoms with Crippen LogP contribution in [-0.4, -0.2) is 4.98 Å². The predicted octanol–water partition coefficient (Wildman–Crippen LogP) is 16.7. The van der Waals surface area contributed by atoms with E-state index in [1.165, 1.54) is 99.4 Å². The molecule has 0 atom stereocenters. The second-order valence-corrected chi connectivity index (χ2v) is 15.8. The van der Waals surface area contributed by atoms with E-state index in [1.807, 2.05) is 18.5 Å². The highest BCUT2D eigenvalue weighted by atomic mass is 14.6. The summed E-state index contributed by atoms with van der Waals surface area (Å²) in [5.41, 5.74) is 19.1. The molecule has 10 aromatic carbocycles. The van der Waals surface area contributed by atoms with Gasteiger partial charge in [-0.2, -0.15) is 0 Å². The van der Waals surface area contributed by atoms with Gasteiger partial charge in [0.15, 0.2) is 0 Å². The molecule has 0 saturated carbocycles. The molecular formula is C61H41N. The summed E-state index contributed by atoms with van der Waals surface area (Å²) in [5.74, 6) is 0. The molecule has 1 nitrogen and oxygen atoms in total. The SMILES string of the molecule is c1ccc(-c2cc(-c3ccc(-c4c5ccccc5c(-c5ccc(-c6cccnc6)cc5)c5ccccc45)cc3)c(-c3ccccc3)c(-c3ccccc3)c2-c2ccccc2)cc1. The number of hydrogen-bond acceptors (Lipinski definition) is 1. The highest BCUT2D eigenvalue weighted by Crippen LogP contribution is 2.51. The fraction of sp³-hybridized carbons (Fsp3) is 0. The topological polar surface area (TPSA) is 12.9 Å². The molecule has 0 aliphatic heterocycles. The van der Waals surface area contributed by atoms with Crippen LogP contribution in [0.5, 0.6) is 0 Å². The zero-order chi connectivity index (χ0) is 41.2. The third-order valence-electron chi connectivity index (χ3n) is 12.2. The van der Waals surface area contributed by atoms with Crippen molar-refractivity contribution in [3.8, 4) is 89.0 Å². The van der Waals surface area contributed by atoms with Crippen molar-refractivity contribution >= 4 is 21.5 Å². The molecule has 0 aliphatic rings. The Bertz CT molecular complexity index is 3270. The van der Waals surface area contributed by atoms with E-state index in [9.17, 15) is 0 Å². The summed E-state index contributed by atoms with van der Waals surface area (Å²) in [6, 6.07) is 86.2. The van der Waals surface area contributed by atoms with E-state index in [0.717, 1.165) is 11.1 Å². The molecular weight excluding hydrogens is 747 g/mol. The van der Waals surface area contributed by atoms with E-state index in [1.54, 1.807) is 0 Å². The van der Waals surface area contributed by atoms with Crippen LogP contribution in [0.4, 0.5) is 0 Å². The molecule has 62 heavy (non-hydrogen) atoms. The molecule has 0 spiro atoms. The van der Waals surface area contributed by atoms with Crippen LogP contribution < -0.4 is 0 Å². The van der Waals surface area contributed by atoms with Crippen LogP contribution in [0.15, 0.2) is 249 Å². The van der Waals surface area contributed by atoms with Crippen molar-refractivity contribution in [2.24, 2.45) is 0 Å². The summed E-state index contributed by atoms with van der Waals surface area (Å²) in [6.45, 7) is 0. The van der Waals surface area contributed by atoms with Crippen molar-refractivity contribution in [3.05, 3.63) is 249 Å². The van der Waals surface area contributed by atoms with Crippen LogP contribution in [-0.2, 0) is 0 Å². The number of aromatic nitrogens is 1. The summed E-state index contributed by atoms with van der Waals surface area (Å²) in [7, 11) is 0. The largest absolute Gasteiger partial charge is 0.264 e. The molecule has 1 heterocycles. The Hall–Kier alpha value is -8.13. The van der Waals surface area contributed by atoms with E-state index in [-0.39, 0.29) is 0 Å². The third kappa shape index (κ3) is 6.67. The van der Waals surface area contributed by atoms with E-state index < -0.39 is 0 Å².